The van der Waals surface area contributed by atoms with E-state index in [0.29, 0.717) is 23.7 Å². The van der Waals surface area contributed by atoms with Crippen molar-refractivity contribution in [1.29, 1.82) is 0 Å². The Morgan fingerprint density at radius 2 is 1.00 bits per heavy atom. The molecule has 0 amide bonds. The average molecular weight is 507 g/mol. The summed E-state index contributed by atoms with van der Waals surface area (Å²) in [4.78, 5) is 33.5. The molecule has 7 heteroatoms. The SMILES string of the molecule is COC.COC(=O)C1CC2C=CC1C2.COC(=O)C1CC2CCC1C2.COC(=O)C1CC2CCC1C2. The number of methoxy groups -OCH3 is 4. The van der Waals surface area contributed by atoms with Gasteiger partial charge in [-0.1, -0.05) is 25.0 Å². The number of esters is 3. The maximum atomic E-state index is 11.2. The van der Waals surface area contributed by atoms with Gasteiger partial charge in [-0.3, -0.25) is 14.4 Å². The van der Waals surface area contributed by atoms with Crippen molar-refractivity contribution in [1.82, 2.24) is 0 Å². The monoisotopic (exact) mass is 506 g/mol. The lowest BCUT2D eigenvalue weighted by Gasteiger charge is -2.18. The molecule has 0 heterocycles. The van der Waals surface area contributed by atoms with Gasteiger partial charge in [0.15, 0.2) is 0 Å². The predicted octanol–water partition coefficient (Wildman–Crippen LogP) is 4.83. The molecule has 0 spiro atoms. The molecule has 0 saturated heterocycles. The minimum absolute atomic E-state index is 0.0252. The quantitative estimate of drug-likeness (QED) is 0.308. The van der Waals surface area contributed by atoms with Crippen LogP contribution in [0.1, 0.15) is 64.2 Å². The first-order valence-corrected chi connectivity index (χ1v) is 13.7. The summed E-state index contributed by atoms with van der Waals surface area (Å²) in [6.07, 6.45) is 16.5. The Balaban J connectivity index is 0.000000143. The summed E-state index contributed by atoms with van der Waals surface area (Å²) in [7, 11) is 7.71. The third-order valence-corrected chi connectivity index (χ3v) is 9.27. The Morgan fingerprint density at radius 1 is 0.556 bits per heavy atom. The highest BCUT2D eigenvalue weighted by atomic mass is 16.5. The molecule has 0 aromatic carbocycles. The zero-order valence-corrected chi connectivity index (χ0v) is 22.8. The van der Waals surface area contributed by atoms with E-state index in [2.05, 4.69) is 16.9 Å². The van der Waals surface area contributed by atoms with Crippen molar-refractivity contribution in [3.05, 3.63) is 12.2 Å². The first kappa shape index (κ1) is 28.7. The van der Waals surface area contributed by atoms with Crippen molar-refractivity contribution < 1.29 is 33.3 Å². The van der Waals surface area contributed by atoms with Crippen LogP contribution in [0, 0.1) is 53.3 Å². The summed E-state index contributed by atoms with van der Waals surface area (Å²) < 4.78 is 18.5. The number of carbonyl (C=O) groups is 3. The number of hydrogen-bond acceptors (Lipinski definition) is 7. The molecule has 36 heavy (non-hydrogen) atoms. The molecule has 9 atom stereocenters. The van der Waals surface area contributed by atoms with Crippen LogP contribution in [0.2, 0.25) is 0 Å². The van der Waals surface area contributed by atoms with Crippen LogP contribution in [-0.2, 0) is 33.3 Å². The fraction of sp³-hybridized carbons (Fsp3) is 0.828. The van der Waals surface area contributed by atoms with E-state index in [-0.39, 0.29) is 35.7 Å². The molecule has 7 nitrogen and oxygen atoms in total. The Morgan fingerprint density at radius 3 is 1.28 bits per heavy atom. The van der Waals surface area contributed by atoms with Crippen molar-refractivity contribution in [3.63, 3.8) is 0 Å². The van der Waals surface area contributed by atoms with E-state index in [9.17, 15) is 14.4 Å². The Kier molecular flexibility index (Phi) is 10.8. The van der Waals surface area contributed by atoms with Gasteiger partial charge < -0.3 is 18.9 Å². The molecule has 6 bridgehead atoms. The molecule has 0 aliphatic heterocycles. The lowest BCUT2D eigenvalue weighted by molar-refractivity contribution is -0.148. The van der Waals surface area contributed by atoms with Crippen LogP contribution in [0.3, 0.4) is 0 Å². The molecule has 0 radical (unpaired) electrons. The summed E-state index contributed by atoms with van der Waals surface area (Å²) in [5.41, 5.74) is 0. The predicted molar refractivity (Wildman–Crippen MR) is 136 cm³/mol. The second kappa shape index (κ2) is 13.6. The largest absolute Gasteiger partial charge is 0.469 e. The molecular formula is C29H46O7. The van der Waals surface area contributed by atoms with Gasteiger partial charge in [0.1, 0.15) is 0 Å². The van der Waals surface area contributed by atoms with Gasteiger partial charge in [0, 0.05) is 14.2 Å². The highest BCUT2D eigenvalue weighted by molar-refractivity contribution is 5.74. The summed E-state index contributed by atoms with van der Waals surface area (Å²) in [5, 5.41) is 0. The smallest absolute Gasteiger partial charge is 0.309 e. The highest BCUT2D eigenvalue weighted by Crippen LogP contribution is 2.49. The topological polar surface area (TPSA) is 88.1 Å². The molecule has 9 unspecified atom stereocenters. The summed E-state index contributed by atoms with van der Waals surface area (Å²) in [6.45, 7) is 0. The highest BCUT2D eigenvalue weighted by Gasteiger charge is 2.44. The van der Waals surface area contributed by atoms with Gasteiger partial charge >= 0.3 is 17.9 Å². The Hall–Kier alpha value is -1.89. The van der Waals surface area contributed by atoms with Crippen LogP contribution in [0.15, 0.2) is 12.2 Å². The molecule has 5 saturated carbocycles. The maximum absolute atomic E-state index is 11.2. The molecule has 204 valence electrons. The second-order valence-corrected chi connectivity index (χ2v) is 11.4. The van der Waals surface area contributed by atoms with E-state index in [0.717, 1.165) is 31.1 Å². The maximum Gasteiger partial charge on any atom is 0.309 e. The number of fused-ring (bicyclic) bond motifs is 6. The fourth-order valence-corrected chi connectivity index (χ4v) is 7.57. The lowest BCUT2D eigenvalue weighted by atomic mass is 9.89. The molecule has 0 aromatic rings. The summed E-state index contributed by atoms with van der Waals surface area (Å²) >= 11 is 0. The minimum atomic E-state index is -0.0261. The van der Waals surface area contributed by atoms with E-state index in [4.69, 9.17) is 14.2 Å². The number of hydrogen-bond donors (Lipinski definition) is 0. The van der Waals surface area contributed by atoms with Crippen LogP contribution in [0.4, 0.5) is 0 Å². The van der Waals surface area contributed by atoms with Gasteiger partial charge in [0.25, 0.3) is 0 Å². The third-order valence-electron chi connectivity index (χ3n) is 9.27. The molecule has 6 aliphatic rings. The molecule has 6 aliphatic carbocycles. The summed E-state index contributed by atoms with van der Waals surface area (Å²) in [5.74, 6) is 4.81. The molecule has 5 fully saturated rings. The average Bonchev–Trinajstić information content (AvgIpc) is 3.75. The van der Waals surface area contributed by atoms with Gasteiger partial charge in [-0.05, 0) is 86.9 Å². The van der Waals surface area contributed by atoms with E-state index >= 15 is 0 Å². The first-order chi connectivity index (χ1) is 17.3. The van der Waals surface area contributed by atoms with E-state index in [1.165, 1.54) is 66.3 Å². The zero-order chi connectivity index (χ0) is 26.2. The number of ether oxygens (including phenoxy) is 4. The Labute approximate surface area is 216 Å². The molecular weight excluding hydrogens is 460 g/mol. The zero-order valence-electron chi connectivity index (χ0n) is 22.8. The lowest BCUT2D eigenvalue weighted by Crippen LogP contribution is -2.21. The molecule has 6 rings (SSSR count). The second-order valence-electron chi connectivity index (χ2n) is 11.4. The standard InChI is InChI=1S/2C9H14O2.C9H12O2.C2H6O/c3*1-11-9(10)8-5-6-2-3-7(8)4-6;1-3-2/h2*6-8H,2-5H2,1H3;2-3,6-8H,4-5H2,1H3;1-2H3. The molecule has 0 aromatic heterocycles. The van der Waals surface area contributed by atoms with Gasteiger partial charge in [0.05, 0.1) is 39.1 Å². The minimum Gasteiger partial charge on any atom is -0.469 e. The van der Waals surface area contributed by atoms with Crippen LogP contribution in [0.25, 0.3) is 0 Å². The number of carbonyl (C=O) groups excluding carboxylic acids is 3. The van der Waals surface area contributed by atoms with Gasteiger partial charge in [-0.2, -0.15) is 0 Å². The van der Waals surface area contributed by atoms with Crippen molar-refractivity contribution in [2.75, 3.05) is 35.5 Å². The van der Waals surface area contributed by atoms with Gasteiger partial charge in [0.2, 0.25) is 0 Å². The van der Waals surface area contributed by atoms with Crippen molar-refractivity contribution in [3.8, 4) is 0 Å². The fourth-order valence-electron chi connectivity index (χ4n) is 7.57. The van der Waals surface area contributed by atoms with Crippen LogP contribution in [-0.4, -0.2) is 53.5 Å². The Bertz CT molecular complexity index is 738. The van der Waals surface area contributed by atoms with Crippen molar-refractivity contribution in [2.45, 2.75) is 64.2 Å². The van der Waals surface area contributed by atoms with E-state index < -0.39 is 0 Å². The third kappa shape index (κ3) is 6.90. The number of allylic oxidation sites excluding steroid dienone is 2. The van der Waals surface area contributed by atoms with Crippen molar-refractivity contribution in [2.24, 2.45) is 53.3 Å². The van der Waals surface area contributed by atoms with Crippen molar-refractivity contribution >= 4 is 17.9 Å². The summed E-state index contributed by atoms with van der Waals surface area (Å²) in [6, 6.07) is 0. The van der Waals surface area contributed by atoms with Crippen LogP contribution < -0.4 is 0 Å². The van der Waals surface area contributed by atoms with E-state index in [1.807, 2.05) is 0 Å². The van der Waals surface area contributed by atoms with Gasteiger partial charge in [-0.25, -0.2) is 0 Å². The normalized spacial score (nSPS) is 37.6. The van der Waals surface area contributed by atoms with Gasteiger partial charge in [-0.15, -0.1) is 0 Å². The number of rotatable bonds is 3. The van der Waals surface area contributed by atoms with E-state index in [1.54, 1.807) is 14.2 Å². The first-order valence-electron chi connectivity index (χ1n) is 13.7. The van der Waals surface area contributed by atoms with Crippen LogP contribution >= 0.6 is 0 Å². The molecule has 0 N–H and O–H groups in total. The van der Waals surface area contributed by atoms with Crippen LogP contribution in [0.5, 0.6) is 0 Å².